The van der Waals surface area contributed by atoms with E-state index >= 15 is 0 Å². The molecule has 0 N–H and O–H groups in total. The van der Waals surface area contributed by atoms with Gasteiger partial charge in [0.15, 0.2) is 0 Å². The van der Waals surface area contributed by atoms with Crippen molar-refractivity contribution in [1.82, 2.24) is 20.0 Å². The van der Waals surface area contributed by atoms with E-state index in [1.165, 1.54) is 0 Å². The van der Waals surface area contributed by atoms with Gasteiger partial charge >= 0.3 is 0 Å². The summed E-state index contributed by atoms with van der Waals surface area (Å²) in [6.07, 6.45) is 3.39. The molecule has 3 heterocycles. The van der Waals surface area contributed by atoms with Crippen molar-refractivity contribution in [1.29, 1.82) is 0 Å². The third kappa shape index (κ3) is 3.22. The van der Waals surface area contributed by atoms with Gasteiger partial charge in [-0.15, -0.1) is 11.8 Å². The Kier molecular flexibility index (Phi) is 4.71. The molecular formula is C19H18N4O2S. The Labute approximate surface area is 155 Å². The van der Waals surface area contributed by atoms with Gasteiger partial charge in [-0.25, -0.2) is 0 Å². The number of pyridine rings is 1. The predicted octanol–water partition coefficient (Wildman–Crippen LogP) is 3.48. The van der Waals surface area contributed by atoms with E-state index in [0.717, 1.165) is 21.8 Å². The highest BCUT2D eigenvalue weighted by Gasteiger charge is 2.36. The topological polar surface area (TPSA) is 72.1 Å². The minimum absolute atomic E-state index is 0.0617. The normalized spacial score (nSPS) is 14.3. The van der Waals surface area contributed by atoms with Crippen LogP contribution in [0.1, 0.15) is 29.1 Å². The summed E-state index contributed by atoms with van der Waals surface area (Å²) in [5.41, 5.74) is 1.63. The van der Waals surface area contributed by atoms with Gasteiger partial charge in [0, 0.05) is 35.9 Å². The average molecular weight is 366 g/mol. The number of hydrogen-bond acceptors (Lipinski definition) is 6. The van der Waals surface area contributed by atoms with Crippen molar-refractivity contribution in [3.8, 4) is 11.4 Å². The summed E-state index contributed by atoms with van der Waals surface area (Å²) in [5, 5.41) is 4.04. The van der Waals surface area contributed by atoms with E-state index in [0.29, 0.717) is 24.8 Å². The van der Waals surface area contributed by atoms with Gasteiger partial charge in [-0.05, 0) is 30.0 Å². The fraction of sp³-hybridized carbons (Fsp3) is 0.263. The lowest BCUT2D eigenvalue weighted by Gasteiger charge is -2.37. The van der Waals surface area contributed by atoms with Gasteiger partial charge in [0.2, 0.25) is 11.7 Å². The maximum absolute atomic E-state index is 12.8. The number of benzene rings is 1. The lowest BCUT2D eigenvalue weighted by Crippen LogP contribution is -2.48. The van der Waals surface area contributed by atoms with Gasteiger partial charge in [0.1, 0.15) is 0 Å². The summed E-state index contributed by atoms with van der Waals surface area (Å²) in [5.74, 6) is 2.22. The molecular weight excluding hydrogens is 348 g/mol. The van der Waals surface area contributed by atoms with E-state index in [1.807, 2.05) is 41.3 Å². The van der Waals surface area contributed by atoms with Gasteiger partial charge in [-0.2, -0.15) is 4.98 Å². The van der Waals surface area contributed by atoms with Gasteiger partial charge in [-0.1, -0.05) is 24.2 Å². The molecule has 0 bridgehead atoms. The molecule has 1 aromatic carbocycles. The number of hydrogen-bond donors (Lipinski definition) is 0. The smallest absolute Gasteiger partial charge is 0.255 e. The molecule has 1 aliphatic heterocycles. The van der Waals surface area contributed by atoms with Crippen molar-refractivity contribution < 1.29 is 9.32 Å². The number of thioether (sulfide) groups is 1. The lowest BCUT2D eigenvalue weighted by molar-refractivity contribution is 0.0565. The number of rotatable bonds is 5. The van der Waals surface area contributed by atoms with Crippen LogP contribution in [0.5, 0.6) is 0 Å². The van der Waals surface area contributed by atoms with E-state index in [1.54, 1.807) is 24.2 Å². The Morgan fingerprint density at radius 3 is 2.77 bits per heavy atom. The van der Waals surface area contributed by atoms with Crippen LogP contribution in [0, 0.1) is 0 Å². The molecule has 4 rings (SSSR count). The van der Waals surface area contributed by atoms with Gasteiger partial charge in [0.05, 0.1) is 11.5 Å². The third-order valence-electron chi connectivity index (χ3n) is 4.32. The molecule has 1 aliphatic rings. The first-order chi connectivity index (χ1) is 12.8. The minimum atomic E-state index is 0.0617. The Morgan fingerprint density at radius 2 is 2.00 bits per heavy atom. The van der Waals surface area contributed by atoms with Crippen LogP contribution >= 0.6 is 11.8 Å². The Hall–Kier alpha value is -2.67. The number of amides is 1. The van der Waals surface area contributed by atoms with Gasteiger partial charge in [0.25, 0.3) is 5.91 Å². The molecule has 2 aromatic heterocycles. The van der Waals surface area contributed by atoms with Crippen molar-refractivity contribution >= 4 is 17.7 Å². The highest BCUT2D eigenvalue weighted by molar-refractivity contribution is 7.99. The van der Waals surface area contributed by atoms with Gasteiger partial charge in [-0.3, -0.25) is 9.78 Å². The second-order valence-electron chi connectivity index (χ2n) is 6.03. The van der Waals surface area contributed by atoms with Crippen molar-refractivity contribution in [2.24, 2.45) is 0 Å². The Balaban J connectivity index is 1.43. The van der Waals surface area contributed by atoms with Crippen LogP contribution in [0.25, 0.3) is 11.4 Å². The molecule has 0 unspecified atom stereocenters. The SMILES string of the molecule is CCSc1ccccc1C(=O)N1CC(c2nc(-c3ccncc3)no2)C1. The first-order valence-corrected chi connectivity index (χ1v) is 9.50. The summed E-state index contributed by atoms with van der Waals surface area (Å²) in [4.78, 5) is 24.1. The Bertz CT molecular complexity index is 907. The molecule has 26 heavy (non-hydrogen) atoms. The van der Waals surface area contributed by atoms with E-state index in [-0.39, 0.29) is 11.8 Å². The predicted molar refractivity (Wildman–Crippen MR) is 99.0 cm³/mol. The molecule has 0 aliphatic carbocycles. The van der Waals surface area contributed by atoms with Gasteiger partial charge < -0.3 is 9.42 Å². The number of carbonyl (C=O) groups excluding carboxylic acids is 1. The van der Waals surface area contributed by atoms with E-state index in [4.69, 9.17) is 4.52 Å². The molecule has 132 valence electrons. The van der Waals surface area contributed by atoms with Crippen LogP contribution in [-0.4, -0.2) is 44.8 Å². The fourth-order valence-corrected chi connectivity index (χ4v) is 3.71. The van der Waals surface area contributed by atoms with Crippen LogP contribution in [0.3, 0.4) is 0 Å². The van der Waals surface area contributed by atoms with Crippen LogP contribution in [0.2, 0.25) is 0 Å². The minimum Gasteiger partial charge on any atom is -0.339 e. The lowest BCUT2D eigenvalue weighted by atomic mass is 9.98. The zero-order valence-electron chi connectivity index (χ0n) is 14.3. The number of nitrogens with zero attached hydrogens (tertiary/aromatic N) is 4. The molecule has 0 spiro atoms. The zero-order valence-corrected chi connectivity index (χ0v) is 15.1. The first kappa shape index (κ1) is 16.8. The second kappa shape index (κ2) is 7.29. The third-order valence-corrected chi connectivity index (χ3v) is 5.27. The highest BCUT2D eigenvalue weighted by Crippen LogP contribution is 2.31. The number of carbonyl (C=O) groups is 1. The standard InChI is InChI=1S/C19H18N4O2S/c1-2-26-16-6-4-3-5-15(16)19(24)23-11-14(12-23)18-21-17(22-25-18)13-7-9-20-10-8-13/h3-10,14H,2,11-12H2,1H3. The van der Waals surface area contributed by atoms with Crippen LogP contribution in [-0.2, 0) is 0 Å². The maximum Gasteiger partial charge on any atom is 0.255 e. The number of aromatic nitrogens is 3. The molecule has 0 radical (unpaired) electrons. The maximum atomic E-state index is 12.8. The molecule has 1 amide bonds. The Morgan fingerprint density at radius 1 is 1.23 bits per heavy atom. The summed E-state index contributed by atoms with van der Waals surface area (Å²) in [6.45, 7) is 3.28. The molecule has 0 atom stereocenters. The van der Waals surface area contributed by atoms with Crippen molar-refractivity contribution in [3.63, 3.8) is 0 Å². The van der Waals surface area contributed by atoms with E-state index in [9.17, 15) is 4.79 Å². The molecule has 1 saturated heterocycles. The molecule has 1 fully saturated rings. The first-order valence-electron chi connectivity index (χ1n) is 8.51. The molecule has 0 saturated carbocycles. The monoisotopic (exact) mass is 366 g/mol. The highest BCUT2D eigenvalue weighted by atomic mass is 32.2. The average Bonchev–Trinajstić information content (AvgIpc) is 3.11. The largest absolute Gasteiger partial charge is 0.339 e. The van der Waals surface area contributed by atoms with E-state index in [2.05, 4.69) is 22.0 Å². The fourth-order valence-electron chi connectivity index (χ4n) is 2.91. The summed E-state index contributed by atoms with van der Waals surface area (Å²) in [6, 6.07) is 11.4. The molecule has 6 nitrogen and oxygen atoms in total. The summed E-state index contributed by atoms with van der Waals surface area (Å²) in [7, 11) is 0. The summed E-state index contributed by atoms with van der Waals surface area (Å²) >= 11 is 1.69. The van der Waals surface area contributed by atoms with Crippen LogP contribution < -0.4 is 0 Å². The quantitative estimate of drug-likeness (QED) is 0.644. The number of likely N-dealkylation sites (tertiary alicyclic amines) is 1. The van der Waals surface area contributed by atoms with Crippen molar-refractivity contribution in [3.05, 3.63) is 60.2 Å². The second-order valence-corrected chi connectivity index (χ2v) is 7.33. The molecule has 7 heteroatoms. The van der Waals surface area contributed by atoms with E-state index < -0.39 is 0 Å². The molecule has 3 aromatic rings. The van der Waals surface area contributed by atoms with Crippen LogP contribution in [0.15, 0.2) is 58.2 Å². The van der Waals surface area contributed by atoms with Crippen molar-refractivity contribution in [2.45, 2.75) is 17.7 Å². The van der Waals surface area contributed by atoms with Crippen molar-refractivity contribution in [2.75, 3.05) is 18.8 Å². The summed E-state index contributed by atoms with van der Waals surface area (Å²) < 4.78 is 5.40. The zero-order chi connectivity index (χ0) is 17.9. The van der Waals surface area contributed by atoms with Crippen LogP contribution in [0.4, 0.5) is 0 Å².